The Hall–Kier alpha value is -2.52. The minimum Gasteiger partial charge on any atom is -0.344 e. The second kappa shape index (κ2) is 7.27. The lowest BCUT2D eigenvalue weighted by Crippen LogP contribution is -2.27. The summed E-state index contributed by atoms with van der Waals surface area (Å²) in [5.41, 5.74) is 1.03. The maximum Gasteiger partial charge on any atom is 0.435 e. The van der Waals surface area contributed by atoms with Gasteiger partial charge in [0.25, 0.3) is 0 Å². The fraction of sp³-hybridized carbons (Fsp3) is 0.350. The molecular formula is C20H17Cl2F3N6. The zero-order valence-corrected chi connectivity index (χ0v) is 17.8. The van der Waals surface area contributed by atoms with Crippen LogP contribution >= 0.6 is 23.2 Å². The van der Waals surface area contributed by atoms with Gasteiger partial charge in [-0.15, -0.1) is 0 Å². The molecule has 0 saturated heterocycles. The van der Waals surface area contributed by atoms with Crippen molar-refractivity contribution in [3.05, 3.63) is 63.4 Å². The molecule has 31 heavy (non-hydrogen) atoms. The number of nitrogens with zero attached hydrogens (tertiary/aromatic N) is 5. The number of nitrogens with one attached hydrogen (secondary N) is 1. The number of fused-ring (bicyclic) bond motifs is 1. The fourth-order valence-corrected chi connectivity index (χ4v) is 4.34. The first kappa shape index (κ1) is 20.4. The van der Waals surface area contributed by atoms with Crippen LogP contribution in [0.4, 0.5) is 19.0 Å². The minimum absolute atomic E-state index is 0.219. The molecule has 3 heterocycles. The van der Waals surface area contributed by atoms with Crippen LogP contribution in [0.2, 0.25) is 10.0 Å². The second-order valence-electron chi connectivity index (χ2n) is 7.71. The maximum absolute atomic E-state index is 13.4. The first-order valence-electron chi connectivity index (χ1n) is 9.73. The third-order valence-corrected chi connectivity index (χ3v) is 6.50. The van der Waals surface area contributed by atoms with Crippen LogP contribution in [-0.2, 0) is 6.18 Å². The summed E-state index contributed by atoms with van der Waals surface area (Å²) in [6.07, 6.45) is -0.0277. The zero-order chi connectivity index (χ0) is 21.9. The van der Waals surface area contributed by atoms with Crippen LogP contribution in [0.25, 0.3) is 5.57 Å². The molecule has 1 saturated carbocycles. The van der Waals surface area contributed by atoms with E-state index in [1.54, 1.807) is 18.2 Å². The summed E-state index contributed by atoms with van der Waals surface area (Å²) >= 11 is 12.3. The third kappa shape index (κ3) is 3.40. The van der Waals surface area contributed by atoms with E-state index in [0.717, 1.165) is 25.3 Å². The van der Waals surface area contributed by atoms with Gasteiger partial charge in [-0.1, -0.05) is 29.3 Å². The van der Waals surface area contributed by atoms with Gasteiger partial charge in [-0.05, 0) is 43.9 Å². The molecule has 1 aromatic carbocycles. The fourth-order valence-electron chi connectivity index (χ4n) is 4.03. The Morgan fingerprint density at radius 3 is 2.52 bits per heavy atom. The molecule has 0 amide bonds. The Balaban J connectivity index is 1.71. The van der Waals surface area contributed by atoms with Crippen LogP contribution in [0.1, 0.15) is 55.4 Å². The highest BCUT2D eigenvalue weighted by Crippen LogP contribution is 2.45. The SMILES string of the molecule is CC1=C(c2ncnn2C2CCC2)[C@@H](c2ccc(Cl)c(Cl)c2)n2nc(C(F)(F)F)cc2N1. The van der Waals surface area contributed by atoms with Gasteiger partial charge in [0, 0.05) is 17.3 Å². The van der Waals surface area contributed by atoms with Gasteiger partial charge in [-0.25, -0.2) is 14.3 Å². The molecule has 1 N–H and O–H groups in total. The van der Waals surface area contributed by atoms with Crippen molar-refractivity contribution < 1.29 is 13.2 Å². The first-order chi connectivity index (χ1) is 14.7. The molecule has 3 aromatic rings. The summed E-state index contributed by atoms with van der Waals surface area (Å²) in [5, 5.41) is 12.0. The molecule has 1 fully saturated rings. The topological polar surface area (TPSA) is 60.6 Å². The van der Waals surface area contributed by atoms with Gasteiger partial charge >= 0.3 is 6.18 Å². The van der Waals surface area contributed by atoms with Crippen molar-refractivity contribution in [3.63, 3.8) is 0 Å². The van der Waals surface area contributed by atoms with Gasteiger partial charge in [0.2, 0.25) is 0 Å². The van der Waals surface area contributed by atoms with Crippen LogP contribution in [0, 0.1) is 0 Å². The molecule has 0 unspecified atom stereocenters. The summed E-state index contributed by atoms with van der Waals surface area (Å²) < 4.78 is 43.5. The first-order valence-corrected chi connectivity index (χ1v) is 10.5. The molecule has 2 aromatic heterocycles. The van der Waals surface area contributed by atoms with E-state index in [1.165, 1.54) is 11.0 Å². The van der Waals surface area contributed by atoms with Gasteiger partial charge in [0.05, 0.1) is 16.1 Å². The molecule has 1 aliphatic carbocycles. The Kier molecular flexibility index (Phi) is 4.78. The summed E-state index contributed by atoms with van der Waals surface area (Å²) in [5.74, 6) is 0.833. The number of hydrogen-bond donors (Lipinski definition) is 1. The lowest BCUT2D eigenvalue weighted by molar-refractivity contribution is -0.141. The van der Waals surface area contributed by atoms with Crippen LogP contribution in [-0.4, -0.2) is 24.5 Å². The van der Waals surface area contributed by atoms with Crippen molar-refractivity contribution >= 4 is 34.6 Å². The number of benzene rings is 1. The number of aromatic nitrogens is 5. The van der Waals surface area contributed by atoms with E-state index in [1.807, 2.05) is 11.6 Å². The van der Waals surface area contributed by atoms with Crippen molar-refractivity contribution in [2.24, 2.45) is 0 Å². The Bertz CT molecular complexity index is 1190. The smallest absolute Gasteiger partial charge is 0.344 e. The zero-order valence-electron chi connectivity index (χ0n) is 16.3. The highest BCUT2D eigenvalue weighted by atomic mass is 35.5. The largest absolute Gasteiger partial charge is 0.435 e. The van der Waals surface area contributed by atoms with E-state index in [9.17, 15) is 13.2 Å². The molecule has 162 valence electrons. The predicted octanol–water partition coefficient (Wildman–Crippen LogP) is 5.97. The van der Waals surface area contributed by atoms with Crippen LogP contribution in [0.3, 0.4) is 0 Å². The molecule has 1 aliphatic heterocycles. The van der Waals surface area contributed by atoms with E-state index in [0.29, 0.717) is 32.7 Å². The Morgan fingerprint density at radius 1 is 1.10 bits per heavy atom. The van der Waals surface area contributed by atoms with Gasteiger partial charge < -0.3 is 5.32 Å². The van der Waals surface area contributed by atoms with E-state index in [-0.39, 0.29) is 11.9 Å². The molecule has 6 nitrogen and oxygen atoms in total. The molecule has 1 atom stereocenters. The average molecular weight is 469 g/mol. The monoisotopic (exact) mass is 468 g/mol. The van der Waals surface area contributed by atoms with Gasteiger partial charge in [-0.3, -0.25) is 0 Å². The molecule has 0 bridgehead atoms. The summed E-state index contributed by atoms with van der Waals surface area (Å²) in [4.78, 5) is 4.47. The van der Waals surface area contributed by atoms with Gasteiger partial charge in [0.15, 0.2) is 11.5 Å². The lowest BCUT2D eigenvalue weighted by Gasteiger charge is -2.32. The normalized spacial score (nSPS) is 19.2. The number of halogens is 5. The molecule has 11 heteroatoms. The van der Waals surface area contributed by atoms with E-state index < -0.39 is 17.9 Å². The molecular weight excluding hydrogens is 452 g/mol. The molecule has 0 radical (unpaired) electrons. The van der Waals surface area contributed by atoms with Crippen molar-refractivity contribution in [1.82, 2.24) is 24.5 Å². The quantitative estimate of drug-likeness (QED) is 0.514. The summed E-state index contributed by atoms with van der Waals surface area (Å²) in [7, 11) is 0. The highest BCUT2D eigenvalue weighted by molar-refractivity contribution is 6.42. The second-order valence-corrected chi connectivity index (χ2v) is 8.52. The number of allylic oxidation sites excluding steroid dienone is 2. The van der Waals surface area contributed by atoms with Crippen molar-refractivity contribution in [2.45, 2.75) is 44.4 Å². The van der Waals surface area contributed by atoms with Crippen LogP contribution in [0.5, 0.6) is 0 Å². The minimum atomic E-state index is -4.58. The van der Waals surface area contributed by atoms with Crippen molar-refractivity contribution in [2.75, 3.05) is 5.32 Å². The molecule has 2 aliphatic rings. The number of alkyl halides is 3. The lowest BCUT2D eigenvalue weighted by atomic mass is 9.91. The Labute approximate surface area is 185 Å². The van der Waals surface area contributed by atoms with Gasteiger partial charge in [-0.2, -0.15) is 23.4 Å². The standard InChI is InChI=1S/C20H17Cl2F3N6/c1-10-17(19-26-9-27-30(19)12-3-2-4-12)18(11-5-6-13(21)14(22)7-11)31-16(28-10)8-15(29-31)20(23,24)25/h5-9,12,18,28H,2-4H2,1H3/t18-/m1/s1. The van der Waals surface area contributed by atoms with E-state index in [2.05, 4.69) is 20.5 Å². The molecule has 5 rings (SSSR count). The predicted molar refractivity (Wildman–Crippen MR) is 111 cm³/mol. The Morgan fingerprint density at radius 2 is 1.87 bits per heavy atom. The number of hydrogen-bond acceptors (Lipinski definition) is 4. The van der Waals surface area contributed by atoms with Gasteiger partial charge in [0.1, 0.15) is 18.2 Å². The van der Waals surface area contributed by atoms with Crippen molar-refractivity contribution in [1.29, 1.82) is 0 Å². The summed E-state index contributed by atoms with van der Waals surface area (Å²) in [6.45, 7) is 1.81. The van der Waals surface area contributed by atoms with Crippen molar-refractivity contribution in [3.8, 4) is 0 Å². The number of anilines is 1. The summed E-state index contributed by atoms with van der Waals surface area (Å²) in [6, 6.07) is 5.54. The van der Waals surface area contributed by atoms with E-state index in [4.69, 9.17) is 23.2 Å². The van der Waals surface area contributed by atoms with Crippen LogP contribution < -0.4 is 5.32 Å². The average Bonchev–Trinajstić information content (AvgIpc) is 3.28. The number of rotatable bonds is 3. The van der Waals surface area contributed by atoms with E-state index >= 15 is 0 Å². The van der Waals surface area contributed by atoms with Crippen LogP contribution in [0.15, 0.2) is 36.3 Å². The third-order valence-electron chi connectivity index (χ3n) is 5.76. The maximum atomic E-state index is 13.4. The highest BCUT2D eigenvalue weighted by Gasteiger charge is 2.40. The molecule has 0 spiro atoms.